The second-order valence-corrected chi connectivity index (χ2v) is 6.96. The molecule has 1 aromatic heterocycles. The molecule has 2 aromatic rings. The minimum Gasteiger partial charge on any atom is -0.349 e. The van der Waals surface area contributed by atoms with Gasteiger partial charge in [0.2, 0.25) is 5.91 Å². The molecule has 0 saturated heterocycles. The lowest BCUT2D eigenvalue weighted by Crippen LogP contribution is -2.28. The molecule has 3 unspecified atom stereocenters. The monoisotopic (exact) mass is 361 g/mol. The fourth-order valence-electron chi connectivity index (χ4n) is 2.93. The number of amides is 1. The van der Waals surface area contributed by atoms with E-state index in [1.807, 2.05) is 43.9 Å². The van der Waals surface area contributed by atoms with Gasteiger partial charge in [-0.05, 0) is 43.9 Å². The second-order valence-electron chi connectivity index (χ2n) is 6.04. The van der Waals surface area contributed by atoms with Crippen molar-refractivity contribution < 1.29 is 4.79 Å². The highest BCUT2D eigenvalue weighted by Gasteiger charge is 2.44. The van der Waals surface area contributed by atoms with Gasteiger partial charge >= 0.3 is 0 Å². The molecule has 0 bridgehead atoms. The lowest BCUT2D eigenvalue weighted by atomic mass is 10.1. The van der Waals surface area contributed by atoms with Crippen molar-refractivity contribution in [2.24, 2.45) is 13.0 Å². The Morgan fingerprint density at radius 1 is 1.50 bits per heavy atom. The number of benzene rings is 1. The van der Waals surface area contributed by atoms with Crippen LogP contribution in [0.3, 0.4) is 0 Å². The van der Waals surface area contributed by atoms with Gasteiger partial charge < -0.3 is 5.32 Å². The number of carbonyl (C=O) groups is 1. The minimum atomic E-state index is -0.00930. The van der Waals surface area contributed by atoms with Gasteiger partial charge in [-0.1, -0.05) is 28.1 Å². The molecule has 0 spiro atoms. The van der Waals surface area contributed by atoms with Gasteiger partial charge in [-0.25, -0.2) is 0 Å². The van der Waals surface area contributed by atoms with E-state index in [0.717, 1.165) is 22.2 Å². The topological polar surface area (TPSA) is 46.9 Å². The zero-order valence-electron chi connectivity index (χ0n) is 13.0. The van der Waals surface area contributed by atoms with Crippen molar-refractivity contribution >= 4 is 21.8 Å². The molecule has 1 heterocycles. The maximum atomic E-state index is 12.4. The smallest absolute Gasteiger partial charge is 0.224 e. The Hall–Kier alpha value is -1.62. The molecule has 5 heteroatoms. The molecule has 1 N–H and O–H groups in total. The molecule has 116 valence electrons. The number of carbonyl (C=O) groups excluding carboxylic acids is 1. The van der Waals surface area contributed by atoms with Gasteiger partial charge in [0.1, 0.15) is 0 Å². The van der Waals surface area contributed by atoms with Gasteiger partial charge in [0, 0.05) is 28.7 Å². The van der Waals surface area contributed by atoms with Crippen molar-refractivity contribution in [2.45, 2.75) is 32.2 Å². The van der Waals surface area contributed by atoms with Crippen molar-refractivity contribution in [1.82, 2.24) is 15.1 Å². The van der Waals surface area contributed by atoms with Crippen LogP contribution in [0.25, 0.3) is 0 Å². The molecule has 1 fully saturated rings. The van der Waals surface area contributed by atoms with E-state index in [-0.39, 0.29) is 17.9 Å². The van der Waals surface area contributed by atoms with Gasteiger partial charge in [-0.3, -0.25) is 9.48 Å². The third-order valence-electron chi connectivity index (χ3n) is 4.50. The van der Waals surface area contributed by atoms with Crippen LogP contribution < -0.4 is 5.32 Å². The number of nitrogens with one attached hydrogen (secondary N) is 1. The first kappa shape index (κ1) is 15.3. The van der Waals surface area contributed by atoms with E-state index in [1.54, 1.807) is 0 Å². The molecule has 4 nitrogen and oxygen atoms in total. The Morgan fingerprint density at radius 3 is 2.91 bits per heavy atom. The Morgan fingerprint density at radius 2 is 2.27 bits per heavy atom. The molecule has 1 aromatic carbocycles. The largest absolute Gasteiger partial charge is 0.349 e. The molecule has 0 radical (unpaired) electrons. The summed E-state index contributed by atoms with van der Waals surface area (Å²) in [5.74, 6) is 0.578. The number of hydrogen-bond donors (Lipinski definition) is 1. The van der Waals surface area contributed by atoms with Crippen LogP contribution in [0.4, 0.5) is 0 Å². The average molecular weight is 362 g/mol. The highest BCUT2D eigenvalue weighted by atomic mass is 79.9. The average Bonchev–Trinajstić information content (AvgIpc) is 3.21. The quantitative estimate of drug-likeness (QED) is 0.905. The van der Waals surface area contributed by atoms with Gasteiger partial charge in [0.05, 0.1) is 12.2 Å². The first-order valence-corrected chi connectivity index (χ1v) is 8.31. The lowest BCUT2D eigenvalue weighted by molar-refractivity contribution is -0.123. The summed E-state index contributed by atoms with van der Waals surface area (Å²) in [6.45, 7) is 4.03. The summed E-state index contributed by atoms with van der Waals surface area (Å²) in [5, 5.41) is 7.36. The predicted molar refractivity (Wildman–Crippen MR) is 89.5 cm³/mol. The maximum absolute atomic E-state index is 12.4. The van der Waals surface area contributed by atoms with Crippen molar-refractivity contribution in [3.63, 3.8) is 0 Å². The van der Waals surface area contributed by atoms with Crippen LogP contribution in [-0.2, 0) is 11.8 Å². The van der Waals surface area contributed by atoms with Gasteiger partial charge in [-0.2, -0.15) is 5.10 Å². The molecule has 1 aliphatic carbocycles. The zero-order chi connectivity index (χ0) is 15.9. The Labute approximate surface area is 139 Å². The SMILES string of the molecule is Cc1c(C(C)NC(=O)C2CC2c2cccc(Br)c2)cnn1C. The molecule has 3 atom stereocenters. The van der Waals surface area contributed by atoms with Crippen LogP contribution in [-0.4, -0.2) is 15.7 Å². The molecular weight excluding hydrogens is 342 g/mol. The third-order valence-corrected chi connectivity index (χ3v) is 5.00. The Kier molecular flexibility index (Phi) is 4.08. The molecule has 1 aliphatic rings. The van der Waals surface area contributed by atoms with Crippen molar-refractivity contribution in [1.29, 1.82) is 0 Å². The number of halogens is 1. The van der Waals surface area contributed by atoms with Crippen LogP contribution in [0.1, 0.15) is 42.1 Å². The van der Waals surface area contributed by atoms with Crippen molar-refractivity contribution in [3.05, 3.63) is 51.8 Å². The molecular formula is C17H20BrN3O. The van der Waals surface area contributed by atoms with E-state index in [0.29, 0.717) is 5.92 Å². The summed E-state index contributed by atoms with van der Waals surface area (Å²) >= 11 is 3.49. The number of aryl methyl sites for hydroxylation is 1. The second kappa shape index (κ2) is 5.88. The van der Waals surface area contributed by atoms with E-state index in [4.69, 9.17) is 0 Å². The zero-order valence-corrected chi connectivity index (χ0v) is 14.6. The van der Waals surface area contributed by atoms with E-state index in [2.05, 4.69) is 38.5 Å². The fourth-order valence-corrected chi connectivity index (χ4v) is 3.35. The van der Waals surface area contributed by atoms with E-state index >= 15 is 0 Å². The fraction of sp³-hybridized carbons (Fsp3) is 0.412. The Balaban J connectivity index is 1.63. The number of hydrogen-bond acceptors (Lipinski definition) is 2. The highest BCUT2D eigenvalue weighted by molar-refractivity contribution is 9.10. The minimum absolute atomic E-state index is 0.00930. The van der Waals surface area contributed by atoms with Crippen molar-refractivity contribution in [2.75, 3.05) is 0 Å². The van der Waals surface area contributed by atoms with E-state index in [9.17, 15) is 4.79 Å². The van der Waals surface area contributed by atoms with Crippen molar-refractivity contribution in [3.8, 4) is 0 Å². The molecule has 3 rings (SSSR count). The number of aromatic nitrogens is 2. The summed E-state index contributed by atoms with van der Waals surface area (Å²) in [5.41, 5.74) is 3.40. The summed E-state index contributed by atoms with van der Waals surface area (Å²) in [7, 11) is 1.91. The molecule has 1 amide bonds. The van der Waals surface area contributed by atoms with Crippen LogP contribution in [0.2, 0.25) is 0 Å². The number of rotatable bonds is 4. The Bertz CT molecular complexity index is 710. The first-order chi connectivity index (χ1) is 10.5. The summed E-state index contributed by atoms with van der Waals surface area (Å²) < 4.78 is 2.90. The van der Waals surface area contributed by atoms with Gasteiger partial charge in [-0.15, -0.1) is 0 Å². The van der Waals surface area contributed by atoms with E-state index in [1.165, 1.54) is 5.56 Å². The summed E-state index contributed by atoms with van der Waals surface area (Å²) in [6.07, 6.45) is 2.76. The summed E-state index contributed by atoms with van der Waals surface area (Å²) in [4.78, 5) is 12.4. The first-order valence-electron chi connectivity index (χ1n) is 7.51. The lowest BCUT2D eigenvalue weighted by Gasteiger charge is -2.14. The maximum Gasteiger partial charge on any atom is 0.224 e. The van der Waals surface area contributed by atoms with Gasteiger partial charge in [0.15, 0.2) is 0 Å². The van der Waals surface area contributed by atoms with E-state index < -0.39 is 0 Å². The molecule has 22 heavy (non-hydrogen) atoms. The number of nitrogens with zero attached hydrogens (tertiary/aromatic N) is 2. The third kappa shape index (κ3) is 2.95. The predicted octanol–water partition coefficient (Wildman–Crippen LogP) is 3.47. The van der Waals surface area contributed by atoms with Crippen LogP contribution in [0, 0.1) is 12.8 Å². The standard InChI is InChI=1S/C17H20BrN3O/c1-10(16-9-19-21(3)11(16)2)20-17(22)15-8-14(15)12-5-4-6-13(18)7-12/h4-7,9-10,14-15H,8H2,1-3H3,(H,20,22). The molecule has 1 saturated carbocycles. The van der Waals surface area contributed by atoms with Crippen LogP contribution in [0.15, 0.2) is 34.9 Å². The summed E-state index contributed by atoms with van der Waals surface area (Å²) in [6, 6.07) is 8.22. The normalized spacial score (nSPS) is 21.5. The highest BCUT2D eigenvalue weighted by Crippen LogP contribution is 2.48. The van der Waals surface area contributed by atoms with Crippen LogP contribution in [0.5, 0.6) is 0 Å². The molecule has 0 aliphatic heterocycles. The van der Waals surface area contributed by atoms with Gasteiger partial charge in [0.25, 0.3) is 0 Å². The van der Waals surface area contributed by atoms with Crippen LogP contribution >= 0.6 is 15.9 Å².